The SMILES string of the molecule is CC(=O)c1cccc(-n2cc(CN)cn2)c1. The standard InChI is InChI=1S/C12H13N3O/c1-9(16)11-3-2-4-12(5-11)15-8-10(6-13)7-14-15/h2-5,7-8H,6,13H2,1H3. The molecule has 0 saturated carbocycles. The van der Waals surface area contributed by atoms with Crippen molar-refractivity contribution < 1.29 is 4.79 Å². The van der Waals surface area contributed by atoms with E-state index >= 15 is 0 Å². The van der Waals surface area contributed by atoms with Crippen LogP contribution in [0, 0.1) is 0 Å². The van der Waals surface area contributed by atoms with Crippen LogP contribution in [-0.2, 0) is 6.54 Å². The van der Waals surface area contributed by atoms with Crippen molar-refractivity contribution in [3.8, 4) is 5.69 Å². The summed E-state index contributed by atoms with van der Waals surface area (Å²) in [4.78, 5) is 11.2. The van der Waals surface area contributed by atoms with Crippen molar-refractivity contribution in [2.24, 2.45) is 5.73 Å². The highest BCUT2D eigenvalue weighted by Crippen LogP contribution is 2.11. The van der Waals surface area contributed by atoms with E-state index < -0.39 is 0 Å². The van der Waals surface area contributed by atoms with Gasteiger partial charge < -0.3 is 5.73 Å². The fraction of sp³-hybridized carbons (Fsp3) is 0.167. The average Bonchev–Trinajstić information content (AvgIpc) is 2.77. The van der Waals surface area contributed by atoms with Crippen LogP contribution < -0.4 is 5.73 Å². The number of rotatable bonds is 3. The van der Waals surface area contributed by atoms with Gasteiger partial charge in [0.2, 0.25) is 0 Å². The second kappa shape index (κ2) is 4.28. The third kappa shape index (κ3) is 2.01. The highest BCUT2D eigenvalue weighted by molar-refractivity contribution is 5.94. The fourth-order valence-corrected chi connectivity index (χ4v) is 1.47. The van der Waals surface area contributed by atoms with Gasteiger partial charge in [-0.25, -0.2) is 4.68 Å². The number of Topliss-reactive ketones (excluding diaryl/α,β-unsaturated/α-hetero) is 1. The summed E-state index contributed by atoms with van der Waals surface area (Å²) < 4.78 is 1.72. The Labute approximate surface area is 93.7 Å². The summed E-state index contributed by atoms with van der Waals surface area (Å²) in [6.45, 7) is 2.01. The summed E-state index contributed by atoms with van der Waals surface area (Å²) in [5, 5.41) is 4.18. The zero-order chi connectivity index (χ0) is 11.5. The molecule has 2 N–H and O–H groups in total. The highest BCUT2D eigenvalue weighted by Gasteiger charge is 2.03. The van der Waals surface area contributed by atoms with E-state index in [0.29, 0.717) is 12.1 Å². The third-order valence-electron chi connectivity index (χ3n) is 2.39. The first-order valence-corrected chi connectivity index (χ1v) is 5.05. The topological polar surface area (TPSA) is 60.9 Å². The molecule has 16 heavy (non-hydrogen) atoms. The molecule has 0 bridgehead atoms. The number of ketones is 1. The van der Waals surface area contributed by atoms with Gasteiger partial charge in [-0.05, 0) is 19.1 Å². The van der Waals surface area contributed by atoms with E-state index in [0.717, 1.165) is 11.3 Å². The maximum Gasteiger partial charge on any atom is 0.159 e. The van der Waals surface area contributed by atoms with Gasteiger partial charge in [0.25, 0.3) is 0 Å². The molecule has 0 aliphatic heterocycles. The van der Waals surface area contributed by atoms with Crippen LogP contribution in [0.15, 0.2) is 36.7 Å². The maximum atomic E-state index is 11.2. The summed E-state index contributed by atoms with van der Waals surface area (Å²) in [5.41, 5.74) is 8.03. The molecule has 1 aromatic carbocycles. The molecule has 0 radical (unpaired) electrons. The maximum absolute atomic E-state index is 11.2. The molecule has 82 valence electrons. The first kappa shape index (κ1) is 10.6. The first-order chi connectivity index (χ1) is 7.70. The van der Waals surface area contributed by atoms with E-state index in [1.54, 1.807) is 23.9 Å². The van der Waals surface area contributed by atoms with Crippen LogP contribution in [0.1, 0.15) is 22.8 Å². The molecule has 0 aliphatic carbocycles. The van der Waals surface area contributed by atoms with Gasteiger partial charge in [0.1, 0.15) is 0 Å². The Kier molecular flexibility index (Phi) is 2.83. The van der Waals surface area contributed by atoms with Crippen molar-refractivity contribution in [1.29, 1.82) is 0 Å². The Morgan fingerprint density at radius 1 is 1.50 bits per heavy atom. The van der Waals surface area contributed by atoms with E-state index in [9.17, 15) is 4.79 Å². The minimum atomic E-state index is 0.0491. The smallest absolute Gasteiger partial charge is 0.159 e. The molecule has 0 fully saturated rings. The molecule has 0 saturated heterocycles. The summed E-state index contributed by atoms with van der Waals surface area (Å²) in [6, 6.07) is 7.35. The van der Waals surface area contributed by atoms with Crippen LogP contribution in [0.2, 0.25) is 0 Å². The van der Waals surface area contributed by atoms with E-state index in [1.807, 2.05) is 24.4 Å². The predicted octanol–water partition coefficient (Wildman–Crippen LogP) is 1.53. The Morgan fingerprint density at radius 3 is 2.94 bits per heavy atom. The highest BCUT2D eigenvalue weighted by atomic mass is 16.1. The second-order valence-electron chi connectivity index (χ2n) is 3.60. The van der Waals surface area contributed by atoms with Gasteiger partial charge in [-0.15, -0.1) is 0 Å². The van der Waals surface area contributed by atoms with Crippen LogP contribution in [0.5, 0.6) is 0 Å². The molecular weight excluding hydrogens is 202 g/mol. The molecule has 0 spiro atoms. The van der Waals surface area contributed by atoms with Gasteiger partial charge in [-0.1, -0.05) is 12.1 Å². The van der Waals surface area contributed by atoms with Gasteiger partial charge >= 0.3 is 0 Å². The molecule has 0 unspecified atom stereocenters. The fourth-order valence-electron chi connectivity index (χ4n) is 1.47. The lowest BCUT2D eigenvalue weighted by atomic mass is 10.1. The molecule has 2 rings (SSSR count). The summed E-state index contributed by atoms with van der Waals surface area (Å²) in [7, 11) is 0. The number of hydrogen-bond acceptors (Lipinski definition) is 3. The summed E-state index contributed by atoms with van der Waals surface area (Å²) in [6.07, 6.45) is 3.58. The molecule has 4 heteroatoms. The minimum Gasteiger partial charge on any atom is -0.326 e. The molecule has 1 heterocycles. The Bertz CT molecular complexity index is 516. The van der Waals surface area contributed by atoms with Gasteiger partial charge in [0.15, 0.2) is 5.78 Å². The monoisotopic (exact) mass is 215 g/mol. The molecule has 4 nitrogen and oxygen atoms in total. The van der Waals surface area contributed by atoms with Crippen molar-refractivity contribution in [2.75, 3.05) is 0 Å². The molecule has 2 aromatic rings. The average molecular weight is 215 g/mol. The van der Waals surface area contributed by atoms with Crippen LogP contribution in [0.25, 0.3) is 5.69 Å². The van der Waals surface area contributed by atoms with Crippen molar-refractivity contribution in [2.45, 2.75) is 13.5 Å². The first-order valence-electron chi connectivity index (χ1n) is 5.05. The van der Waals surface area contributed by atoms with E-state index in [4.69, 9.17) is 5.73 Å². The molecule has 1 aromatic heterocycles. The molecular formula is C12H13N3O. The summed E-state index contributed by atoms with van der Waals surface area (Å²) >= 11 is 0. The quantitative estimate of drug-likeness (QED) is 0.790. The number of aromatic nitrogens is 2. The second-order valence-corrected chi connectivity index (χ2v) is 3.60. The number of hydrogen-bond donors (Lipinski definition) is 1. The molecule has 0 aliphatic rings. The third-order valence-corrected chi connectivity index (χ3v) is 2.39. The van der Waals surface area contributed by atoms with Crippen LogP contribution >= 0.6 is 0 Å². The number of carbonyl (C=O) groups excluding carboxylic acids is 1. The lowest BCUT2D eigenvalue weighted by molar-refractivity contribution is 0.101. The Hall–Kier alpha value is -1.94. The van der Waals surface area contributed by atoms with Crippen LogP contribution in [0.4, 0.5) is 0 Å². The lowest BCUT2D eigenvalue weighted by Gasteiger charge is -2.02. The van der Waals surface area contributed by atoms with Crippen molar-refractivity contribution >= 4 is 5.78 Å². The summed E-state index contributed by atoms with van der Waals surface area (Å²) in [5.74, 6) is 0.0491. The van der Waals surface area contributed by atoms with Crippen LogP contribution in [-0.4, -0.2) is 15.6 Å². The van der Waals surface area contributed by atoms with E-state index in [1.165, 1.54) is 0 Å². The Morgan fingerprint density at radius 2 is 2.31 bits per heavy atom. The van der Waals surface area contributed by atoms with Gasteiger partial charge in [0.05, 0.1) is 11.9 Å². The largest absolute Gasteiger partial charge is 0.326 e. The van der Waals surface area contributed by atoms with Crippen LogP contribution in [0.3, 0.4) is 0 Å². The number of carbonyl (C=O) groups is 1. The number of nitrogens with two attached hydrogens (primary N) is 1. The Balaban J connectivity index is 2.40. The molecule has 0 amide bonds. The zero-order valence-electron chi connectivity index (χ0n) is 9.05. The number of nitrogens with zero attached hydrogens (tertiary/aromatic N) is 2. The van der Waals surface area contributed by atoms with Gasteiger partial charge in [-0.3, -0.25) is 4.79 Å². The van der Waals surface area contributed by atoms with E-state index in [-0.39, 0.29) is 5.78 Å². The predicted molar refractivity (Wildman–Crippen MR) is 61.5 cm³/mol. The van der Waals surface area contributed by atoms with Crippen molar-refractivity contribution in [3.63, 3.8) is 0 Å². The zero-order valence-corrected chi connectivity index (χ0v) is 9.05. The van der Waals surface area contributed by atoms with Crippen molar-refractivity contribution in [3.05, 3.63) is 47.8 Å². The molecule has 0 atom stereocenters. The normalized spacial score (nSPS) is 10.4. The van der Waals surface area contributed by atoms with Crippen molar-refractivity contribution in [1.82, 2.24) is 9.78 Å². The van der Waals surface area contributed by atoms with E-state index in [2.05, 4.69) is 5.10 Å². The van der Waals surface area contributed by atoms with Gasteiger partial charge in [-0.2, -0.15) is 5.10 Å². The minimum absolute atomic E-state index is 0.0491. The lowest BCUT2D eigenvalue weighted by Crippen LogP contribution is -1.98. The van der Waals surface area contributed by atoms with Gasteiger partial charge in [0, 0.05) is 23.9 Å². The number of benzene rings is 1.